The van der Waals surface area contributed by atoms with Crippen LogP contribution in [0.25, 0.3) is 0 Å². The number of amidine groups is 1. The maximum Gasteiger partial charge on any atom is 0.507 e. The summed E-state index contributed by atoms with van der Waals surface area (Å²) < 4.78 is 29.2. The van der Waals surface area contributed by atoms with Crippen molar-refractivity contribution in [1.82, 2.24) is 15.2 Å². The van der Waals surface area contributed by atoms with Gasteiger partial charge >= 0.3 is 12.1 Å². The van der Waals surface area contributed by atoms with Gasteiger partial charge in [0.05, 0.1) is 25.9 Å². The van der Waals surface area contributed by atoms with Crippen molar-refractivity contribution >= 4 is 29.3 Å². The van der Waals surface area contributed by atoms with Gasteiger partial charge in [-0.25, -0.2) is 24.0 Å². The number of aromatic nitrogens is 1. The van der Waals surface area contributed by atoms with Gasteiger partial charge in [0, 0.05) is 30.4 Å². The lowest BCUT2D eigenvalue weighted by Crippen LogP contribution is -2.51. The maximum atomic E-state index is 13.7. The number of ether oxygens (including phenoxy) is 3. The minimum Gasteiger partial charge on any atom is -0.466 e. The highest BCUT2D eigenvalue weighted by molar-refractivity contribution is 7.11. The van der Waals surface area contributed by atoms with Crippen molar-refractivity contribution in [2.75, 3.05) is 33.4 Å². The van der Waals surface area contributed by atoms with Crippen LogP contribution in [0.15, 0.2) is 52.1 Å². The Kier molecular flexibility index (Phi) is 6.91. The second-order valence-electron chi connectivity index (χ2n) is 7.73. The number of methoxy groups -OCH3 is 1. The molecule has 10 nitrogen and oxygen atoms in total. The van der Waals surface area contributed by atoms with Crippen LogP contribution in [0.2, 0.25) is 0 Å². The Morgan fingerprint density at radius 1 is 1.38 bits per heavy atom. The van der Waals surface area contributed by atoms with Gasteiger partial charge < -0.3 is 24.6 Å². The van der Waals surface area contributed by atoms with Crippen LogP contribution in [0, 0.1) is 5.82 Å². The van der Waals surface area contributed by atoms with Gasteiger partial charge in [0.15, 0.2) is 17.1 Å². The Labute approximate surface area is 198 Å². The fourth-order valence-corrected chi connectivity index (χ4v) is 4.58. The van der Waals surface area contributed by atoms with Crippen molar-refractivity contribution in [2.24, 2.45) is 4.99 Å². The number of hydrogen-bond donors (Lipinski definition) is 2. The molecule has 2 N–H and O–H groups in total. The van der Waals surface area contributed by atoms with Crippen molar-refractivity contribution < 1.29 is 33.3 Å². The molecule has 0 unspecified atom stereocenters. The standard InChI is InChI=1S/C22H23FN4O6S/c1-22(13-3-5-14(23)6-4-13)17(20(28)31-2)15(25-18(26-22)19-24-7-10-34-19)11-27-8-9-32-12-16(27)33-21(29)30/h3-7,10,16H,8-9,11-12H2,1-2H3,(H,25,26)(H,29,30)/t16-,22-/m0/s1. The third-order valence-electron chi connectivity index (χ3n) is 5.61. The Bertz CT molecular complexity index is 1120. The molecule has 1 aromatic carbocycles. The lowest BCUT2D eigenvalue weighted by molar-refractivity contribution is -0.137. The lowest BCUT2D eigenvalue weighted by atomic mass is 9.82. The molecule has 180 valence electrons. The molecule has 0 spiro atoms. The SMILES string of the molecule is COC(=O)C1=C(CN2CCOC[C@@H]2OC(=O)O)NC(c2nccs2)=N[C@@]1(C)c1ccc(F)cc1. The van der Waals surface area contributed by atoms with Gasteiger partial charge in [0.25, 0.3) is 0 Å². The van der Waals surface area contributed by atoms with Gasteiger partial charge in [0.2, 0.25) is 0 Å². The number of carboxylic acid groups (broad SMARTS) is 1. The number of morpholine rings is 1. The van der Waals surface area contributed by atoms with Crippen LogP contribution >= 0.6 is 11.3 Å². The van der Waals surface area contributed by atoms with Crippen molar-refractivity contribution in [2.45, 2.75) is 18.7 Å². The summed E-state index contributed by atoms with van der Waals surface area (Å²) in [5, 5.41) is 14.7. The molecule has 34 heavy (non-hydrogen) atoms. The molecular weight excluding hydrogens is 467 g/mol. The van der Waals surface area contributed by atoms with E-state index in [2.05, 4.69) is 10.3 Å². The quantitative estimate of drug-likeness (QED) is 0.588. The smallest absolute Gasteiger partial charge is 0.466 e. The van der Waals surface area contributed by atoms with E-state index in [4.69, 9.17) is 24.3 Å². The van der Waals surface area contributed by atoms with Crippen molar-refractivity contribution in [3.05, 3.63) is 63.5 Å². The number of carbonyl (C=O) groups is 2. The molecule has 0 amide bonds. The molecule has 1 fully saturated rings. The molecule has 0 bridgehead atoms. The molecule has 12 heteroatoms. The third kappa shape index (κ3) is 4.79. The number of thiazole rings is 1. The molecule has 2 aromatic rings. The fourth-order valence-electron chi connectivity index (χ4n) is 4.00. The van der Waals surface area contributed by atoms with E-state index in [0.717, 1.165) is 0 Å². The molecular formula is C22H23FN4O6S. The number of carbonyl (C=O) groups excluding carboxylic acids is 1. The average Bonchev–Trinajstić information content (AvgIpc) is 3.35. The van der Waals surface area contributed by atoms with E-state index < -0.39 is 29.7 Å². The van der Waals surface area contributed by atoms with Crippen LogP contribution in [-0.4, -0.2) is 72.6 Å². The number of hydrogen-bond acceptors (Lipinski definition) is 10. The second-order valence-corrected chi connectivity index (χ2v) is 8.63. The number of rotatable bonds is 6. The molecule has 0 saturated carbocycles. The molecule has 1 aromatic heterocycles. The monoisotopic (exact) mass is 490 g/mol. The summed E-state index contributed by atoms with van der Waals surface area (Å²) >= 11 is 1.36. The van der Waals surface area contributed by atoms with Crippen molar-refractivity contribution in [3.8, 4) is 0 Å². The van der Waals surface area contributed by atoms with Gasteiger partial charge in [-0.15, -0.1) is 11.3 Å². The number of halogens is 1. The van der Waals surface area contributed by atoms with Gasteiger partial charge in [-0.2, -0.15) is 0 Å². The zero-order chi connectivity index (χ0) is 24.3. The van der Waals surface area contributed by atoms with Crippen LogP contribution in [0.3, 0.4) is 0 Å². The molecule has 1 saturated heterocycles. The normalized spacial score (nSPS) is 23.1. The minimum atomic E-state index is -1.43. The minimum absolute atomic E-state index is 0.0514. The van der Waals surface area contributed by atoms with E-state index in [9.17, 15) is 14.0 Å². The zero-order valence-electron chi connectivity index (χ0n) is 18.5. The highest BCUT2D eigenvalue weighted by Crippen LogP contribution is 2.39. The predicted molar refractivity (Wildman–Crippen MR) is 120 cm³/mol. The topological polar surface area (TPSA) is 123 Å². The first kappa shape index (κ1) is 23.8. The Morgan fingerprint density at radius 2 is 2.15 bits per heavy atom. The number of nitrogens with zero attached hydrogens (tertiary/aromatic N) is 3. The largest absolute Gasteiger partial charge is 0.507 e. The summed E-state index contributed by atoms with van der Waals surface area (Å²) in [7, 11) is 1.27. The van der Waals surface area contributed by atoms with Gasteiger partial charge in [-0.1, -0.05) is 12.1 Å². The molecule has 0 radical (unpaired) electrons. The van der Waals surface area contributed by atoms with E-state index in [-0.39, 0.29) is 18.7 Å². The van der Waals surface area contributed by atoms with Gasteiger partial charge in [-0.3, -0.25) is 4.90 Å². The third-order valence-corrected chi connectivity index (χ3v) is 6.39. The van der Waals surface area contributed by atoms with Gasteiger partial charge in [0.1, 0.15) is 11.4 Å². The first-order valence-corrected chi connectivity index (χ1v) is 11.3. The second kappa shape index (κ2) is 9.87. The first-order valence-electron chi connectivity index (χ1n) is 10.4. The van der Waals surface area contributed by atoms with Crippen LogP contribution in [-0.2, 0) is 24.5 Å². The van der Waals surface area contributed by atoms with Crippen LogP contribution in [0.4, 0.5) is 9.18 Å². The fraction of sp³-hybridized carbons (Fsp3) is 0.364. The van der Waals surface area contributed by atoms with Crippen LogP contribution in [0.5, 0.6) is 0 Å². The Balaban J connectivity index is 1.83. The molecule has 4 rings (SSSR count). The van der Waals surface area contributed by atoms with Crippen LogP contribution < -0.4 is 5.32 Å². The van der Waals surface area contributed by atoms with E-state index in [1.807, 2.05) is 0 Å². The summed E-state index contributed by atoms with van der Waals surface area (Å²) in [6.45, 7) is 2.64. The Hall–Kier alpha value is -3.35. The summed E-state index contributed by atoms with van der Waals surface area (Å²) in [5.41, 5.74) is -0.0115. The molecule has 0 aliphatic carbocycles. The first-order chi connectivity index (χ1) is 16.3. The van der Waals surface area contributed by atoms with Crippen molar-refractivity contribution in [3.63, 3.8) is 0 Å². The van der Waals surface area contributed by atoms with E-state index in [1.54, 1.807) is 35.5 Å². The molecule has 3 heterocycles. The summed E-state index contributed by atoms with van der Waals surface area (Å²) in [4.78, 5) is 35.2. The van der Waals surface area contributed by atoms with E-state index in [0.29, 0.717) is 35.3 Å². The van der Waals surface area contributed by atoms with E-state index >= 15 is 0 Å². The maximum absolute atomic E-state index is 13.7. The van der Waals surface area contributed by atoms with Crippen LogP contribution in [0.1, 0.15) is 17.5 Å². The summed E-state index contributed by atoms with van der Waals surface area (Å²) in [6, 6.07) is 5.73. The van der Waals surface area contributed by atoms with Gasteiger partial charge in [-0.05, 0) is 24.6 Å². The highest BCUT2D eigenvalue weighted by Gasteiger charge is 2.43. The summed E-state index contributed by atoms with van der Waals surface area (Å²) in [6.07, 6.45) is -0.656. The highest BCUT2D eigenvalue weighted by atomic mass is 32.1. The number of benzene rings is 1. The zero-order valence-corrected chi connectivity index (χ0v) is 19.3. The lowest BCUT2D eigenvalue weighted by Gasteiger charge is -2.39. The van der Waals surface area contributed by atoms with E-state index in [1.165, 1.54) is 30.6 Å². The average molecular weight is 491 g/mol. The molecule has 2 aliphatic heterocycles. The number of nitrogens with one attached hydrogen (secondary N) is 1. The van der Waals surface area contributed by atoms with Crippen molar-refractivity contribution in [1.29, 1.82) is 0 Å². The molecule has 2 atom stereocenters. The Morgan fingerprint density at radius 3 is 2.79 bits per heavy atom. The summed E-state index contributed by atoms with van der Waals surface area (Å²) in [5.74, 6) is -0.620. The number of esters is 1. The molecule has 2 aliphatic rings. The predicted octanol–water partition coefficient (Wildman–Crippen LogP) is 2.33. The number of aliphatic imine (C=N–C) groups is 1.